The van der Waals surface area contributed by atoms with Gasteiger partial charge in [-0.25, -0.2) is 8.42 Å². The number of amides is 1. The molecule has 1 aliphatic rings. The Kier molecular flexibility index (Phi) is 4.67. The van der Waals surface area contributed by atoms with Gasteiger partial charge < -0.3 is 14.2 Å². The predicted octanol–water partition coefficient (Wildman–Crippen LogP) is 2.86. The number of sulfonamides is 1. The number of hydrogen-bond donors (Lipinski definition) is 1. The van der Waals surface area contributed by atoms with E-state index in [-0.39, 0.29) is 28.9 Å². The molecular formula is C18H23N3O5S. The molecule has 9 heteroatoms. The first kappa shape index (κ1) is 19.2. The van der Waals surface area contributed by atoms with E-state index in [9.17, 15) is 13.2 Å². The molecule has 0 saturated heterocycles. The molecule has 0 saturated carbocycles. The Hall–Kier alpha value is -2.55. The molecule has 0 atom stereocenters. The van der Waals surface area contributed by atoms with Crippen LogP contribution in [-0.4, -0.2) is 32.6 Å². The van der Waals surface area contributed by atoms with Gasteiger partial charge in [-0.2, -0.15) is 0 Å². The molecule has 0 fully saturated rings. The van der Waals surface area contributed by atoms with E-state index in [0.717, 1.165) is 0 Å². The van der Waals surface area contributed by atoms with Gasteiger partial charge in [0.2, 0.25) is 5.91 Å². The van der Waals surface area contributed by atoms with Crippen LogP contribution in [0.3, 0.4) is 0 Å². The monoisotopic (exact) mass is 393 g/mol. The van der Waals surface area contributed by atoms with Crippen LogP contribution in [0.2, 0.25) is 0 Å². The number of nitrogens with zero attached hydrogens (tertiary/aromatic N) is 2. The minimum atomic E-state index is -3.86. The number of benzene rings is 1. The topological polar surface area (TPSA) is 102 Å². The highest BCUT2D eigenvalue weighted by atomic mass is 32.2. The molecule has 0 unspecified atom stereocenters. The molecule has 1 amide bonds. The summed E-state index contributed by atoms with van der Waals surface area (Å²) < 4.78 is 38.7. The fraction of sp³-hybridized carbons (Fsp3) is 0.444. The number of carbonyl (C=O) groups is 1. The molecule has 2 aromatic rings. The van der Waals surface area contributed by atoms with Gasteiger partial charge in [0.05, 0.1) is 16.8 Å². The van der Waals surface area contributed by atoms with Crippen molar-refractivity contribution >= 4 is 27.3 Å². The first-order chi connectivity index (χ1) is 12.6. The van der Waals surface area contributed by atoms with Crippen molar-refractivity contribution in [3.05, 3.63) is 29.7 Å². The van der Waals surface area contributed by atoms with Crippen LogP contribution in [0.5, 0.6) is 5.75 Å². The summed E-state index contributed by atoms with van der Waals surface area (Å²) in [5, 5.41) is 3.69. The largest absolute Gasteiger partial charge is 0.490 e. The number of aromatic nitrogens is 1. The molecule has 0 spiro atoms. The molecule has 0 radical (unpaired) electrons. The number of hydrogen-bond acceptors (Lipinski definition) is 6. The van der Waals surface area contributed by atoms with Gasteiger partial charge in [-0.05, 0) is 46.8 Å². The van der Waals surface area contributed by atoms with Crippen LogP contribution in [0.1, 0.15) is 32.2 Å². The van der Waals surface area contributed by atoms with E-state index in [0.29, 0.717) is 23.7 Å². The quantitative estimate of drug-likeness (QED) is 0.857. The first-order valence-electron chi connectivity index (χ1n) is 8.61. The van der Waals surface area contributed by atoms with Gasteiger partial charge >= 0.3 is 0 Å². The zero-order chi connectivity index (χ0) is 20.0. The van der Waals surface area contributed by atoms with E-state index >= 15 is 0 Å². The maximum Gasteiger partial charge on any atom is 0.267 e. The Morgan fingerprint density at radius 1 is 1.30 bits per heavy atom. The van der Waals surface area contributed by atoms with Crippen molar-refractivity contribution in [2.24, 2.45) is 5.41 Å². The lowest BCUT2D eigenvalue weighted by molar-refractivity contribution is -0.127. The zero-order valence-corrected chi connectivity index (χ0v) is 16.8. The van der Waals surface area contributed by atoms with Crippen LogP contribution in [-0.2, 0) is 14.8 Å². The molecule has 27 heavy (non-hydrogen) atoms. The van der Waals surface area contributed by atoms with E-state index in [2.05, 4.69) is 9.88 Å². The lowest BCUT2D eigenvalue weighted by Crippen LogP contribution is -2.42. The maximum atomic E-state index is 12.7. The van der Waals surface area contributed by atoms with Crippen molar-refractivity contribution in [1.82, 2.24) is 5.16 Å². The number of rotatable bonds is 4. The number of fused-ring (bicyclic) bond motifs is 1. The van der Waals surface area contributed by atoms with Gasteiger partial charge in [0.25, 0.3) is 10.0 Å². The number of anilines is 2. The Morgan fingerprint density at radius 3 is 2.59 bits per heavy atom. The predicted molar refractivity (Wildman–Crippen MR) is 101 cm³/mol. The van der Waals surface area contributed by atoms with Crippen molar-refractivity contribution in [2.45, 2.75) is 39.5 Å². The van der Waals surface area contributed by atoms with Crippen LogP contribution in [0.4, 0.5) is 11.4 Å². The van der Waals surface area contributed by atoms with Crippen LogP contribution >= 0.6 is 0 Å². The van der Waals surface area contributed by atoms with Crippen molar-refractivity contribution in [3.63, 3.8) is 0 Å². The van der Waals surface area contributed by atoms with E-state index in [4.69, 9.17) is 9.26 Å². The number of carbonyl (C=O) groups excluding carboxylic acids is 1. The molecule has 1 aromatic carbocycles. The van der Waals surface area contributed by atoms with Crippen LogP contribution in [0.15, 0.2) is 27.6 Å². The summed E-state index contributed by atoms with van der Waals surface area (Å²) in [5.74, 6) is 0.637. The molecule has 2 heterocycles. The summed E-state index contributed by atoms with van der Waals surface area (Å²) in [6.45, 7) is 9.34. The fourth-order valence-electron chi connectivity index (χ4n) is 3.09. The van der Waals surface area contributed by atoms with Gasteiger partial charge in [-0.15, -0.1) is 0 Å². The van der Waals surface area contributed by atoms with E-state index < -0.39 is 15.4 Å². The van der Waals surface area contributed by atoms with Crippen LogP contribution < -0.4 is 14.4 Å². The van der Waals surface area contributed by atoms with Crippen molar-refractivity contribution in [3.8, 4) is 5.75 Å². The molecular weight excluding hydrogens is 370 g/mol. The second-order valence-electron chi connectivity index (χ2n) is 7.16. The van der Waals surface area contributed by atoms with Gasteiger partial charge in [-0.3, -0.25) is 9.52 Å². The lowest BCUT2D eigenvalue weighted by atomic mass is 9.93. The molecule has 146 valence electrons. The van der Waals surface area contributed by atoms with Crippen LogP contribution in [0.25, 0.3) is 0 Å². The fourth-order valence-corrected chi connectivity index (χ4v) is 4.47. The summed E-state index contributed by atoms with van der Waals surface area (Å²) in [4.78, 5) is 14.4. The summed E-state index contributed by atoms with van der Waals surface area (Å²) in [6.07, 6.45) is 0. The third-order valence-electron chi connectivity index (χ3n) is 4.47. The average Bonchev–Trinajstić information content (AvgIpc) is 2.89. The smallest absolute Gasteiger partial charge is 0.267 e. The maximum absolute atomic E-state index is 12.7. The third-order valence-corrected chi connectivity index (χ3v) is 6.09. The third kappa shape index (κ3) is 3.39. The van der Waals surface area contributed by atoms with Crippen molar-refractivity contribution < 1.29 is 22.5 Å². The SMILES string of the molecule is CCN1C(=O)C(C)(C)COc2cc(NS(=O)(=O)c3c(C)noc3C)ccc21. The van der Waals surface area contributed by atoms with Gasteiger partial charge in [-0.1, -0.05) is 5.16 Å². The zero-order valence-electron chi connectivity index (χ0n) is 16.0. The molecule has 1 aromatic heterocycles. The Labute approximate surface area is 158 Å². The highest BCUT2D eigenvalue weighted by Crippen LogP contribution is 2.38. The molecule has 8 nitrogen and oxygen atoms in total. The number of nitrogens with one attached hydrogen (secondary N) is 1. The highest BCUT2D eigenvalue weighted by Gasteiger charge is 2.37. The molecule has 0 bridgehead atoms. The summed E-state index contributed by atoms with van der Waals surface area (Å²) in [7, 11) is -3.86. The summed E-state index contributed by atoms with van der Waals surface area (Å²) in [6, 6.07) is 4.87. The highest BCUT2D eigenvalue weighted by molar-refractivity contribution is 7.92. The average molecular weight is 393 g/mol. The van der Waals surface area contributed by atoms with Crippen LogP contribution in [0, 0.1) is 19.3 Å². The molecule has 1 N–H and O–H groups in total. The van der Waals surface area contributed by atoms with Crippen molar-refractivity contribution in [1.29, 1.82) is 0 Å². The molecule has 0 aliphatic carbocycles. The Morgan fingerprint density at radius 2 is 2.00 bits per heavy atom. The minimum Gasteiger partial charge on any atom is -0.490 e. The summed E-state index contributed by atoms with van der Waals surface area (Å²) >= 11 is 0. The first-order valence-corrected chi connectivity index (χ1v) is 10.1. The van der Waals surface area contributed by atoms with E-state index in [1.165, 1.54) is 0 Å². The number of aryl methyl sites for hydroxylation is 2. The molecule has 3 rings (SSSR count). The lowest BCUT2D eigenvalue weighted by Gasteiger charge is -2.26. The normalized spacial score (nSPS) is 16.5. The van der Waals surface area contributed by atoms with Gasteiger partial charge in [0.15, 0.2) is 10.7 Å². The standard InChI is InChI=1S/C18H23N3O5S/c1-6-21-14-8-7-13(9-15(14)25-10-18(4,5)17(21)22)20-27(23,24)16-11(2)19-26-12(16)3/h7-9,20H,6,10H2,1-5H3. The Bertz CT molecular complexity index is 975. The second-order valence-corrected chi connectivity index (χ2v) is 8.78. The molecule has 1 aliphatic heterocycles. The number of ether oxygens (including phenoxy) is 1. The van der Waals surface area contributed by atoms with Gasteiger partial charge in [0.1, 0.15) is 18.1 Å². The van der Waals surface area contributed by atoms with E-state index in [1.54, 1.807) is 36.9 Å². The Balaban J connectivity index is 1.98. The van der Waals surface area contributed by atoms with E-state index in [1.807, 2.05) is 20.8 Å². The minimum absolute atomic E-state index is 0.0184. The summed E-state index contributed by atoms with van der Waals surface area (Å²) in [5.41, 5.74) is 0.562. The van der Waals surface area contributed by atoms with Gasteiger partial charge in [0, 0.05) is 12.6 Å². The second kappa shape index (κ2) is 6.56. The van der Waals surface area contributed by atoms with Crippen molar-refractivity contribution in [2.75, 3.05) is 22.8 Å².